The van der Waals surface area contributed by atoms with Gasteiger partial charge in [0.15, 0.2) is 0 Å². The Hall–Kier alpha value is -2.16. The van der Waals surface area contributed by atoms with Crippen molar-refractivity contribution < 1.29 is 9.18 Å². The molecule has 3 rings (SSSR count). The van der Waals surface area contributed by atoms with Gasteiger partial charge in [0.2, 0.25) is 0 Å². The average Bonchev–Trinajstić information content (AvgIpc) is 2.97. The number of hydrogen-bond acceptors (Lipinski definition) is 1. The van der Waals surface area contributed by atoms with Gasteiger partial charge in [-0.2, -0.15) is 0 Å². The maximum Gasteiger partial charge on any atom is 0.254 e. The number of rotatable bonds is 2. The highest BCUT2D eigenvalue weighted by Crippen LogP contribution is 2.34. The fourth-order valence-corrected chi connectivity index (χ4v) is 3.05. The first-order chi connectivity index (χ1) is 10.2. The fraction of sp³-hybridized carbons (Fsp3) is 0.278. The second kappa shape index (κ2) is 5.68. The number of halogens is 1. The van der Waals surface area contributed by atoms with Crippen LogP contribution in [-0.4, -0.2) is 17.4 Å². The number of carbonyl (C=O) groups is 1. The number of amides is 1. The molecule has 2 nitrogen and oxygen atoms in total. The van der Waals surface area contributed by atoms with Crippen LogP contribution in [0.4, 0.5) is 4.39 Å². The maximum absolute atomic E-state index is 13.0. The molecule has 1 amide bonds. The van der Waals surface area contributed by atoms with Crippen LogP contribution in [0.3, 0.4) is 0 Å². The van der Waals surface area contributed by atoms with E-state index in [1.54, 1.807) is 12.1 Å². The Morgan fingerprint density at radius 3 is 2.57 bits per heavy atom. The molecule has 108 valence electrons. The first-order valence-corrected chi connectivity index (χ1v) is 7.29. The van der Waals surface area contributed by atoms with E-state index in [2.05, 4.69) is 19.1 Å². The molecule has 0 aliphatic carbocycles. The Morgan fingerprint density at radius 1 is 1.14 bits per heavy atom. The van der Waals surface area contributed by atoms with Gasteiger partial charge in [-0.15, -0.1) is 0 Å². The molecule has 1 saturated heterocycles. The van der Waals surface area contributed by atoms with Crippen molar-refractivity contribution in [1.82, 2.24) is 4.90 Å². The van der Waals surface area contributed by atoms with Crippen LogP contribution >= 0.6 is 0 Å². The highest BCUT2D eigenvalue weighted by atomic mass is 19.1. The normalized spacial score (nSPS) is 18.0. The Bertz CT molecular complexity index is 651. The quantitative estimate of drug-likeness (QED) is 0.812. The summed E-state index contributed by atoms with van der Waals surface area (Å²) in [5, 5.41) is 0. The number of likely N-dealkylation sites (tertiary alicyclic amines) is 1. The molecule has 1 atom stereocenters. The molecule has 0 aromatic heterocycles. The Kier molecular flexibility index (Phi) is 3.74. The van der Waals surface area contributed by atoms with Crippen molar-refractivity contribution in [2.24, 2.45) is 0 Å². The van der Waals surface area contributed by atoms with Gasteiger partial charge in [0, 0.05) is 12.1 Å². The lowest BCUT2D eigenvalue weighted by molar-refractivity contribution is 0.0735. The summed E-state index contributed by atoms with van der Waals surface area (Å²) in [6, 6.07) is 14.1. The van der Waals surface area contributed by atoms with Crippen LogP contribution < -0.4 is 0 Å². The largest absolute Gasteiger partial charge is 0.332 e. The number of hydrogen-bond donors (Lipinski definition) is 0. The molecule has 1 aliphatic heterocycles. The third-order valence-electron chi connectivity index (χ3n) is 4.15. The van der Waals surface area contributed by atoms with Crippen molar-refractivity contribution in [3.05, 3.63) is 71.0 Å². The molecule has 1 fully saturated rings. The second-order valence-electron chi connectivity index (χ2n) is 5.52. The summed E-state index contributed by atoms with van der Waals surface area (Å²) in [5.41, 5.74) is 2.98. The monoisotopic (exact) mass is 283 g/mol. The summed E-state index contributed by atoms with van der Waals surface area (Å²) in [7, 11) is 0. The molecule has 2 aromatic carbocycles. The highest BCUT2D eigenvalue weighted by molar-refractivity contribution is 5.94. The first kappa shape index (κ1) is 13.8. The topological polar surface area (TPSA) is 20.3 Å². The number of aryl methyl sites for hydroxylation is 1. The summed E-state index contributed by atoms with van der Waals surface area (Å²) < 4.78 is 13.0. The van der Waals surface area contributed by atoms with Gasteiger partial charge in [0.1, 0.15) is 5.82 Å². The maximum atomic E-state index is 13.0. The summed E-state index contributed by atoms with van der Waals surface area (Å²) in [5.74, 6) is -0.329. The smallest absolute Gasteiger partial charge is 0.254 e. The first-order valence-electron chi connectivity index (χ1n) is 7.29. The van der Waals surface area contributed by atoms with E-state index in [1.165, 1.54) is 23.3 Å². The van der Waals surface area contributed by atoms with Gasteiger partial charge in [-0.3, -0.25) is 4.79 Å². The molecule has 0 saturated carbocycles. The number of nitrogens with zero attached hydrogens (tertiary/aromatic N) is 1. The van der Waals surface area contributed by atoms with Crippen molar-refractivity contribution in [3.8, 4) is 0 Å². The minimum atomic E-state index is -0.316. The molecular formula is C18H18FNO. The molecule has 0 bridgehead atoms. The second-order valence-corrected chi connectivity index (χ2v) is 5.52. The molecule has 21 heavy (non-hydrogen) atoms. The standard InChI is InChI=1S/C18H18FNO/c1-13-5-2-3-6-16(13)17-7-4-12-20(17)18(21)14-8-10-15(19)11-9-14/h2-3,5-6,8-11,17H,4,7,12H2,1H3/t17-/m1/s1. The van der Waals surface area contributed by atoms with E-state index in [4.69, 9.17) is 0 Å². The molecule has 3 heteroatoms. The van der Waals surface area contributed by atoms with Crippen molar-refractivity contribution in [1.29, 1.82) is 0 Å². The lowest BCUT2D eigenvalue weighted by Crippen LogP contribution is -2.30. The molecule has 0 unspecified atom stereocenters. The summed E-state index contributed by atoms with van der Waals surface area (Å²) in [6.45, 7) is 2.84. The summed E-state index contributed by atoms with van der Waals surface area (Å²) in [4.78, 5) is 14.6. The van der Waals surface area contributed by atoms with Crippen LogP contribution in [0.5, 0.6) is 0 Å². The molecule has 0 N–H and O–H groups in total. The van der Waals surface area contributed by atoms with Gasteiger partial charge >= 0.3 is 0 Å². The Balaban J connectivity index is 1.89. The molecule has 1 heterocycles. The van der Waals surface area contributed by atoms with E-state index in [0.29, 0.717) is 5.56 Å². The van der Waals surface area contributed by atoms with Gasteiger partial charge in [0.25, 0.3) is 5.91 Å². The van der Waals surface area contributed by atoms with Crippen molar-refractivity contribution in [2.75, 3.05) is 6.54 Å². The molecule has 0 radical (unpaired) electrons. The lowest BCUT2D eigenvalue weighted by Gasteiger charge is -2.26. The summed E-state index contributed by atoms with van der Waals surface area (Å²) >= 11 is 0. The van der Waals surface area contributed by atoms with Gasteiger partial charge in [-0.25, -0.2) is 4.39 Å². The van der Waals surface area contributed by atoms with E-state index in [0.717, 1.165) is 19.4 Å². The van der Waals surface area contributed by atoms with Gasteiger partial charge in [0.05, 0.1) is 6.04 Å². The predicted octanol–water partition coefficient (Wildman–Crippen LogP) is 4.11. The third kappa shape index (κ3) is 2.68. The zero-order valence-electron chi connectivity index (χ0n) is 12.1. The highest BCUT2D eigenvalue weighted by Gasteiger charge is 2.31. The zero-order chi connectivity index (χ0) is 14.8. The van der Waals surface area contributed by atoms with Crippen LogP contribution in [0.15, 0.2) is 48.5 Å². The van der Waals surface area contributed by atoms with Crippen LogP contribution in [0.1, 0.15) is 40.4 Å². The molecular weight excluding hydrogens is 265 g/mol. The van der Waals surface area contributed by atoms with Crippen molar-refractivity contribution in [3.63, 3.8) is 0 Å². The van der Waals surface area contributed by atoms with Crippen LogP contribution in [0.25, 0.3) is 0 Å². The zero-order valence-corrected chi connectivity index (χ0v) is 12.1. The number of carbonyl (C=O) groups excluding carboxylic acids is 1. The van der Waals surface area contributed by atoms with Gasteiger partial charge < -0.3 is 4.90 Å². The van der Waals surface area contributed by atoms with Crippen molar-refractivity contribution >= 4 is 5.91 Å². The van der Waals surface area contributed by atoms with Crippen LogP contribution in [0, 0.1) is 12.7 Å². The van der Waals surface area contributed by atoms with Gasteiger partial charge in [-0.05, 0) is 55.2 Å². The minimum Gasteiger partial charge on any atom is -0.332 e. The molecule has 2 aromatic rings. The molecule has 0 spiro atoms. The lowest BCUT2D eigenvalue weighted by atomic mass is 9.99. The minimum absolute atomic E-state index is 0.0132. The summed E-state index contributed by atoms with van der Waals surface area (Å²) in [6.07, 6.45) is 1.99. The van der Waals surface area contributed by atoms with Gasteiger partial charge in [-0.1, -0.05) is 24.3 Å². The van der Waals surface area contributed by atoms with E-state index in [9.17, 15) is 9.18 Å². The van der Waals surface area contributed by atoms with E-state index in [1.807, 2.05) is 17.0 Å². The SMILES string of the molecule is Cc1ccccc1[C@H]1CCCN1C(=O)c1ccc(F)cc1. The van der Waals surface area contributed by atoms with Crippen molar-refractivity contribution in [2.45, 2.75) is 25.8 Å². The van der Waals surface area contributed by atoms with Crippen LogP contribution in [-0.2, 0) is 0 Å². The van der Waals surface area contributed by atoms with Crippen LogP contribution in [0.2, 0.25) is 0 Å². The predicted molar refractivity (Wildman–Crippen MR) is 80.6 cm³/mol. The van der Waals surface area contributed by atoms with E-state index >= 15 is 0 Å². The Labute approximate surface area is 124 Å². The average molecular weight is 283 g/mol. The van der Waals surface area contributed by atoms with E-state index in [-0.39, 0.29) is 17.8 Å². The fourth-order valence-electron chi connectivity index (χ4n) is 3.05. The number of benzene rings is 2. The van der Waals surface area contributed by atoms with E-state index < -0.39 is 0 Å². The molecule has 1 aliphatic rings. The third-order valence-corrected chi connectivity index (χ3v) is 4.15. The Morgan fingerprint density at radius 2 is 1.86 bits per heavy atom.